The zero-order chi connectivity index (χ0) is 16.8. The van der Waals surface area contributed by atoms with Crippen molar-refractivity contribution in [1.29, 1.82) is 0 Å². The van der Waals surface area contributed by atoms with Crippen molar-refractivity contribution in [3.8, 4) is 0 Å². The molecule has 3 atom stereocenters. The maximum Gasteiger partial charge on any atom is 0.183 e. The second-order valence-corrected chi connectivity index (χ2v) is 8.19. The summed E-state index contributed by atoms with van der Waals surface area (Å²) in [6, 6.07) is 12.4. The summed E-state index contributed by atoms with van der Waals surface area (Å²) in [7, 11) is -3.61. The smallest absolute Gasteiger partial charge is 0.183 e. The Morgan fingerprint density at radius 2 is 1.65 bits per heavy atom. The van der Waals surface area contributed by atoms with Crippen LogP contribution in [0.1, 0.15) is 17.0 Å². The third-order valence-electron chi connectivity index (χ3n) is 4.57. The Kier molecular flexibility index (Phi) is 3.78. The fourth-order valence-corrected chi connectivity index (χ4v) is 5.48. The molecule has 0 bridgehead atoms. The van der Waals surface area contributed by atoms with E-state index in [-0.39, 0.29) is 17.3 Å². The number of aryl methyl sites for hydroxylation is 1. The molecule has 0 radical (unpaired) electrons. The van der Waals surface area contributed by atoms with E-state index < -0.39 is 26.5 Å². The fourth-order valence-electron chi connectivity index (χ4n) is 3.16. The molecule has 0 spiro atoms. The summed E-state index contributed by atoms with van der Waals surface area (Å²) in [6.45, 7) is 1.94. The van der Waals surface area contributed by atoms with Gasteiger partial charge >= 0.3 is 0 Å². The zero-order valence-electron chi connectivity index (χ0n) is 12.7. The van der Waals surface area contributed by atoms with Gasteiger partial charge in [0.25, 0.3) is 0 Å². The van der Waals surface area contributed by atoms with Crippen LogP contribution in [-0.4, -0.2) is 25.8 Å². The van der Waals surface area contributed by atoms with Crippen molar-refractivity contribution < 1.29 is 12.8 Å². The van der Waals surface area contributed by atoms with E-state index in [0.717, 1.165) is 5.56 Å². The second-order valence-electron chi connectivity index (χ2n) is 6.12. The maximum atomic E-state index is 13.1. The van der Waals surface area contributed by atoms with Crippen molar-refractivity contribution in [1.82, 2.24) is 0 Å². The van der Waals surface area contributed by atoms with Gasteiger partial charge in [0.05, 0.1) is 15.7 Å². The Bertz CT molecular complexity index is 819. The van der Waals surface area contributed by atoms with Gasteiger partial charge in [-0.05, 0) is 36.8 Å². The Labute approximate surface area is 135 Å². The van der Waals surface area contributed by atoms with Gasteiger partial charge in [0.2, 0.25) is 0 Å². The normalized spacial score (nSPS) is 27.0. The van der Waals surface area contributed by atoms with Crippen LogP contribution in [0.25, 0.3) is 0 Å². The lowest BCUT2D eigenvalue weighted by Crippen LogP contribution is -2.39. The van der Waals surface area contributed by atoms with Crippen LogP contribution in [0, 0.1) is 12.7 Å². The van der Waals surface area contributed by atoms with Crippen LogP contribution in [0.5, 0.6) is 0 Å². The third kappa shape index (κ3) is 2.56. The molecule has 23 heavy (non-hydrogen) atoms. The molecular formula is C17H19FN2O2S. The molecule has 1 fully saturated rings. The minimum absolute atomic E-state index is 0.0464. The van der Waals surface area contributed by atoms with Gasteiger partial charge in [-0.15, -0.1) is 0 Å². The molecular weight excluding hydrogens is 315 g/mol. The van der Waals surface area contributed by atoms with Crippen LogP contribution in [0.2, 0.25) is 0 Å². The van der Waals surface area contributed by atoms with Crippen molar-refractivity contribution in [2.24, 2.45) is 11.5 Å². The highest BCUT2D eigenvalue weighted by molar-refractivity contribution is 7.92. The number of hydrogen-bond acceptors (Lipinski definition) is 4. The molecule has 1 aliphatic carbocycles. The highest BCUT2D eigenvalue weighted by atomic mass is 32.2. The first-order chi connectivity index (χ1) is 10.8. The van der Waals surface area contributed by atoms with Crippen molar-refractivity contribution >= 4 is 9.84 Å². The lowest BCUT2D eigenvalue weighted by Gasteiger charge is -2.09. The average molecular weight is 334 g/mol. The number of benzene rings is 2. The van der Waals surface area contributed by atoms with Crippen molar-refractivity contribution in [2.75, 3.05) is 6.54 Å². The predicted octanol–water partition coefficient (Wildman–Crippen LogP) is 1.73. The number of hydrogen-bond donors (Lipinski definition) is 2. The molecule has 2 aromatic rings. The molecule has 4 N–H and O–H groups in total. The van der Waals surface area contributed by atoms with E-state index >= 15 is 0 Å². The molecule has 1 aliphatic rings. The summed E-state index contributed by atoms with van der Waals surface area (Å²) in [5.74, 6) is -0.804. The molecule has 3 rings (SSSR count). The van der Waals surface area contributed by atoms with Crippen LogP contribution in [0.3, 0.4) is 0 Å². The van der Waals surface area contributed by atoms with Gasteiger partial charge in [0.1, 0.15) is 5.82 Å². The molecule has 1 saturated carbocycles. The average Bonchev–Trinajstić information content (AvgIpc) is 3.16. The summed E-state index contributed by atoms with van der Waals surface area (Å²) < 4.78 is 38.9. The Balaban J connectivity index is 2.01. The molecule has 0 aliphatic heterocycles. The lowest BCUT2D eigenvalue weighted by atomic mass is 10.1. The summed E-state index contributed by atoms with van der Waals surface area (Å²) in [5.41, 5.74) is 12.7. The summed E-state index contributed by atoms with van der Waals surface area (Å²) in [6.07, 6.45) is 0. The highest BCUT2D eigenvalue weighted by Gasteiger charge is 2.68. The fraction of sp³-hybridized carbons (Fsp3) is 0.294. The number of rotatable bonds is 4. The Morgan fingerprint density at radius 1 is 1.09 bits per heavy atom. The van der Waals surface area contributed by atoms with Gasteiger partial charge < -0.3 is 11.5 Å². The predicted molar refractivity (Wildman–Crippen MR) is 87.3 cm³/mol. The second kappa shape index (κ2) is 5.40. The van der Waals surface area contributed by atoms with E-state index in [2.05, 4.69) is 0 Å². The molecule has 122 valence electrons. The molecule has 0 saturated heterocycles. The first-order valence-corrected chi connectivity index (χ1v) is 8.90. The van der Waals surface area contributed by atoms with Crippen LogP contribution >= 0.6 is 0 Å². The van der Waals surface area contributed by atoms with E-state index in [1.807, 2.05) is 6.92 Å². The molecule has 0 unspecified atom stereocenters. The molecule has 0 aromatic heterocycles. The molecule has 2 aromatic carbocycles. The van der Waals surface area contributed by atoms with Crippen LogP contribution in [0.4, 0.5) is 4.39 Å². The first kappa shape index (κ1) is 16.1. The maximum absolute atomic E-state index is 13.1. The van der Waals surface area contributed by atoms with E-state index in [4.69, 9.17) is 11.5 Å². The van der Waals surface area contributed by atoms with Gasteiger partial charge in [-0.2, -0.15) is 0 Å². The monoisotopic (exact) mass is 334 g/mol. The van der Waals surface area contributed by atoms with E-state index in [9.17, 15) is 12.8 Å². The lowest BCUT2D eigenvalue weighted by molar-refractivity contribution is 0.585. The summed E-state index contributed by atoms with van der Waals surface area (Å²) in [4.78, 5) is 0.237. The van der Waals surface area contributed by atoms with E-state index in [1.54, 1.807) is 36.4 Å². The standard InChI is InChI=1S/C17H19FN2O2S/c1-11-2-8-14(9-3-11)23(21,22)16-15(17(16,20)10-19)12-4-6-13(18)7-5-12/h2-9,15-16H,10,19-20H2,1H3/t15-,16+,17+/m0/s1. The van der Waals surface area contributed by atoms with Crippen molar-refractivity contribution in [3.05, 3.63) is 65.5 Å². The number of nitrogens with two attached hydrogens (primary N) is 2. The van der Waals surface area contributed by atoms with Gasteiger partial charge in [0, 0.05) is 12.5 Å². The van der Waals surface area contributed by atoms with Crippen LogP contribution < -0.4 is 11.5 Å². The summed E-state index contributed by atoms with van der Waals surface area (Å²) in [5, 5.41) is -0.798. The quantitative estimate of drug-likeness (QED) is 0.891. The van der Waals surface area contributed by atoms with Crippen molar-refractivity contribution in [3.63, 3.8) is 0 Å². The Morgan fingerprint density at radius 3 is 2.17 bits per heavy atom. The van der Waals surface area contributed by atoms with Gasteiger partial charge in [-0.25, -0.2) is 12.8 Å². The molecule has 0 amide bonds. The topological polar surface area (TPSA) is 86.2 Å². The summed E-state index contributed by atoms with van der Waals surface area (Å²) >= 11 is 0. The van der Waals surface area contributed by atoms with Crippen LogP contribution in [0.15, 0.2) is 53.4 Å². The minimum atomic E-state index is -3.61. The third-order valence-corrected chi connectivity index (χ3v) is 6.88. The number of halogens is 1. The van der Waals surface area contributed by atoms with Gasteiger partial charge in [-0.1, -0.05) is 29.8 Å². The SMILES string of the molecule is Cc1ccc(S(=O)(=O)[C@@H]2[C@H](c3ccc(F)cc3)[C@]2(N)CN)cc1. The van der Waals surface area contributed by atoms with Crippen LogP contribution in [-0.2, 0) is 9.84 Å². The van der Waals surface area contributed by atoms with E-state index in [1.165, 1.54) is 12.1 Å². The first-order valence-electron chi connectivity index (χ1n) is 7.35. The largest absolute Gasteiger partial charge is 0.329 e. The molecule has 6 heteroatoms. The number of sulfone groups is 1. The highest BCUT2D eigenvalue weighted by Crippen LogP contribution is 2.55. The van der Waals surface area contributed by atoms with Crippen molar-refractivity contribution in [2.45, 2.75) is 28.5 Å². The minimum Gasteiger partial charge on any atom is -0.329 e. The van der Waals surface area contributed by atoms with E-state index in [0.29, 0.717) is 5.56 Å². The molecule has 4 nitrogen and oxygen atoms in total. The Hall–Kier alpha value is -1.76. The van der Waals surface area contributed by atoms with Gasteiger partial charge in [-0.3, -0.25) is 0 Å². The molecule has 0 heterocycles. The zero-order valence-corrected chi connectivity index (χ0v) is 13.6. The van der Waals surface area contributed by atoms with Gasteiger partial charge in [0.15, 0.2) is 9.84 Å².